The van der Waals surface area contributed by atoms with Gasteiger partial charge < -0.3 is 0 Å². The number of hydrogen-bond donors (Lipinski definition) is 0. The summed E-state index contributed by atoms with van der Waals surface area (Å²) >= 11 is 0. The zero-order chi connectivity index (χ0) is 13.4. The first-order valence-corrected chi connectivity index (χ1v) is 6.62. The van der Waals surface area contributed by atoms with E-state index in [1.54, 1.807) is 6.20 Å². The van der Waals surface area contributed by atoms with Crippen LogP contribution in [-0.4, -0.2) is 15.8 Å². The van der Waals surface area contributed by atoms with Crippen molar-refractivity contribution in [2.45, 2.75) is 33.1 Å². The smallest absolute Gasteiger partial charge is 0.166 e. The van der Waals surface area contributed by atoms with Crippen molar-refractivity contribution in [3.63, 3.8) is 0 Å². The Morgan fingerprint density at radius 2 is 1.95 bits per heavy atom. The molecule has 0 N–H and O–H groups in total. The van der Waals surface area contributed by atoms with Crippen molar-refractivity contribution in [1.82, 2.24) is 9.97 Å². The zero-order valence-corrected chi connectivity index (χ0v) is 11.2. The molecule has 1 aromatic heterocycles. The highest BCUT2D eigenvalue weighted by molar-refractivity contribution is 5.97. The second-order valence-electron chi connectivity index (χ2n) is 5.15. The summed E-state index contributed by atoms with van der Waals surface area (Å²) in [5.74, 6) is 0.906. The van der Waals surface area contributed by atoms with Crippen molar-refractivity contribution in [1.29, 1.82) is 0 Å². The van der Waals surface area contributed by atoms with Crippen molar-refractivity contribution in [3.05, 3.63) is 46.8 Å². The van der Waals surface area contributed by atoms with Crippen LogP contribution < -0.4 is 0 Å². The van der Waals surface area contributed by atoms with Crippen LogP contribution >= 0.6 is 0 Å². The minimum atomic E-state index is 0.175. The molecule has 0 unspecified atom stereocenters. The minimum absolute atomic E-state index is 0.175. The third-order valence-electron chi connectivity index (χ3n) is 3.62. The molecule has 3 nitrogen and oxygen atoms in total. The van der Waals surface area contributed by atoms with Gasteiger partial charge in [-0.15, -0.1) is 0 Å². The first kappa shape index (κ1) is 12.0. The number of fused-ring (bicyclic) bond motifs is 1. The fourth-order valence-electron chi connectivity index (χ4n) is 2.50. The second-order valence-corrected chi connectivity index (χ2v) is 5.15. The van der Waals surface area contributed by atoms with Crippen LogP contribution in [0.4, 0.5) is 0 Å². The van der Waals surface area contributed by atoms with Crippen LogP contribution in [0.3, 0.4) is 0 Å². The lowest BCUT2D eigenvalue weighted by Crippen LogP contribution is -2.14. The molecule has 0 spiro atoms. The fourth-order valence-corrected chi connectivity index (χ4v) is 2.50. The van der Waals surface area contributed by atoms with E-state index in [1.807, 2.05) is 0 Å². The van der Waals surface area contributed by atoms with Gasteiger partial charge in [0, 0.05) is 18.2 Å². The van der Waals surface area contributed by atoms with E-state index in [9.17, 15) is 4.79 Å². The predicted molar refractivity (Wildman–Crippen MR) is 74.2 cm³/mol. The maximum Gasteiger partial charge on any atom is 0.166 e. The molecule has 0 amide bonds. The molecule has 0 saturated carbocycles. The molecule has 0 saturated heterocycles. The molecule has 0 bridgehead atoms. The molecule has 19 heavy (non-hydrogen) atoms. The number of ketones is 1. The second kappa shape index (κ2) is 4.57. The molecule has 2 aromatic rings. The molecule has 3 heteroatoms. The van der Waals surface area contributed by atoms with E-state index in [0.29, 0.717) is 12.0 Å². The van der Waals surface area contributed by atoms with Crippen LogP contribution in [0.25, 0.3) is 11.4 Å². The number of aromatic nitrogens is 2. The summed E-state index contributed by atoms with van der Waals surface area (Å²) in [6.45, 7) is 4.12. The number of carbonyl (C=O) groups excluding carboxylic acids is 1. The van der Waals surface area contributed by atoms with E-state index in [-0.39, 0.29) is 5.78 Å². The summed E-state index contributed by atoms with van der Waals surface area (Å²) in [5.41, 5.74) is 5.02. The van der Waals surface area contributed by atoms with Gasteiger partial charge in [-0.25, -0.2) is 9.97 Å². The first-order chi connectivity index (χ1) is 9.15. The normalized spacial score (nSPS) is 14.3. The average Bonchev–Trinajstić information content (AvgIpc) is 2.41. The van der Waals surface area contributed by atoms with Gasteiger partial charge in [-0.05, 0) is 38.3 Å². The fraction of sp³-hybridized carbons (Fsp3) is 0.312. The van der Waals surface area contributed by atoms with Crippen LogP contribution in [0.1, 0.15) is 40.0 Å². The number of hydrogen-bond acceptors (Lipinski definition) is 3. The summed E-state index contributed by atoms with van der Waals surface area (Å²) in [4.78, 5) is 20.8. The van der Waals surface area contributed by atoms with Gasteiger partial charge in [0.1, 0.15) is 0 Å². The van der Waals surface area contributed by atoms with Gasteiger partial charge in [0.05, 0.1) is 11.3 Å². The SMILES string of the molecule is Cc1ccc(C)c(-c2ncc3c(n2)CCCC3=O)c1. The maximum atomic E-state index is 11.8. The number of Topliss-reactive ketones (excluding diaryl/α,β-unsaturated/α-hetero) is 1. The van der Waals surface area contributed by atoms with Gasteiger partial charge in [0.15, 0.2) is 11.6 Å². The molecule has 0 atom stereocenters. The Balaban J connectivity index is 2.11. The van der Waals surface area contributed by atoms with Gasteiger partial charge in [-0.3, -0.25) is 4.79 Å². The van der Waals surface area contributed by atoms with E-state index >= 15 is 0 Å². The third-order valence-corrected chi connectivity index (χ3v) is 3.62. The monoisotopic (exact) mass is 252 g/mol. The van der Waals surface area contributed by atoms with Crippen molar-refractivity contribution in [2.24, 2.45) is 0 Å². The molecule has 0 aliphatic heterocycles. The highest BCUT2D eigenvalue weighted by Gasteiger charge is 2.19. The first-order valence-electron chi connectivity index (χ1n) is 6.62. The molecule has 1 aliphatic rings. The molecular formula is C16H16N2O. The summed E-state index contributed by atoms with van der Waals surface area (Å²) < 4.78 is 0. The molecule has 96 valence electrons. The number of carbonyl (C=O) groups is 1. The van der Waals surface area contributed by atoms with E-state index in [2.05, 4.69) is 42.0 Å². The number of benzene rings is 1. The van der Waals surface area contributed by atoms with Gasteiger partial charge in [-0.1, -0.05) is 17.7 Å². The van der Waals surface area contributed by atoms with Crippen LogP contribution in [0, 0.1) is 13.8 Å². The highest BCUT2D eigenvalue weighted by atomic mass is 16.1. The van der Waals surface area contributed by atoms with E-state index in [4.69, 9.17) is 0 Å². The molecular weight excluding hydrogens is 236 g/mol. The van der Waals surface area contributed by atoms with E-state index in [0.717, 1.165) is 35.5 Å². The lowest BCUT2D eigenvalue weighted by molar-refractivity contribution is 0.0971. The molecule has 1 aliphatic carbocycles. The van der Waals surface area contributed by atoms with Gasteiger partial charge in [0.2, 0.25) is 0 Å². The maximum absolute atomic E-state index is 11.8. The van der Waals surface area contributed by atoms with Crippen LogP contribution in [0.5, 0.6) is 0 Å². The Hall–Kier alpha value is -2.03. The summed E-state index contributed by atoms with van der Waals surface area (Å²) in [5, 5.41) is 0. The largest absolute Gasteiger partial charge is 0.294 e. The van der Waals surface area contributed by atoms with Crippen molar-refractivity contribution < 1.29 is 4.79 Å². The van der Waals surface area contributed by atoms with Gasteiger partial charge in [0.25, 0.3) is 0 Å². The Morgan fingerprint density at radius 3 is 2.79 bits per heavy atom. The zero-order valence-electron chi connectivity index (χ0n) is 11.2. The topological polar surface area (TPSA) is 42.9 Å². The van der Waals surface area contributed by atoms with Crippen molar-refractivity contribution in [3.8, 4) is 11.4 Å². The highest BCUT2D eigenvalue weighted by Crippen LogP contribution is 2.25. The minimum Gasteiger partial charge on any atom is -0.294 e. The van der Waals surface area contributed by atoms with Gasteiger partial charge in [-0.2, -0.15) is 0 Å². The van der Waals surface area contributed by atoms with Crippen LogP contribution in [0.15, 0.2) is 24.4 Å². The Morgan fingerprint density at radius 1 is 1.11 bits per heavy atom. The average molecular weight is 252 g/mol. The summed E-state index contributed by atoms with van der Waals surface area (Å²) in [6.07, 6.45) is 4.09. The number of aryl methyl sites for hydroxylation is 3. The standard InChI is InChI=1S/C16H16N2O/c1-10-6-7-11(2)12(8-10)16-17-9-13-14(18-16)4-3-5-15(13)19/h6-9H,3-5H2,1-2H3. The van der Waals surface area contributed by atoms with Gasteiger partial charge >= 0.3 is 0 Å². The quantitative estimate of drug-likeness (QED) is 0.782. The molecule has 1 aromatic carbocycles. The van der Waals surface area contributed by atoms with Crippen molar-refractivity contribution >= 4 is 5.78 Å². The Labute approximate surface area is 112 Å². The molecule has 0 fully saturated rings. The Kier molecular flexibility index (Phi) is 2.90. The molecule has 0 radical (unpaired) electrons. The predicted octanol–water partition coefficient (Wildman–Crippen LogP) is 3.28. The molecule has 1 heterocycles. The van der Waals surface area contributed by atoms with Crippen LogP contribution in [0.2, 0.25) is 0 Å². The van der Waals surface area contributed by atoms with Crippen LogP contribution in [-0.2, 0) is 6.42 Å². The van der Waals surface area contributed by atoms with Crippen molar-refractivity contribution in [2.75, 3.05) is 0 Å². The summed E-state index contributed by atoms with van der Waals surface area (Å²) in [6, 6.07) is 6.26. The van der Waals surface area contributed by atoms with E-state index in [1.165, 1.54) is 5.56 Å². The third kappa shape index (κ3) is 2.16. The number of nitrogens with zero attached hydrogens (tertiary/aromatic N) is 2. The Bertz CT molecular complexity index is 662. The lowest BCUT2D eigenvalue weighted by atomic mass is 9.96. The summed E-state index contributed by atoms with van der Waals surface area (Å²) in [7, 11) is 0. The van der Waals surface area contributed by atoms with E-state index < -0.39 is 0 Å². The molecule has 3 rings (SSSR count). The number of rotatable bonds is 1. The lowest BCUT2D eigenvalue weighted by Gasteiger charge is -2.14.